The number of carbonyl (C=O) groups excluding carboxylic acids is 1. The first-order valence-electron chi connectivity index (χ1n) is 8.30. The molecule has 130 valence electrons. The Morgan fingerprint density at radius 2 is 2.00 bits per heavy atom. The monoisotopic (exact) mass is 346 g/mol. The largest absolute Gasteiger partial charge is 0.331 e. The first-order valence-corrected chi connectivity index (χ1v) is 8.30. The summed E-state index contributed by atoms with van der Waals surface area (Å²) in [7, 11) is 0. The maximum absolute atomic E-state index is 12.3. The van der Waals surface area contributed by atoms with Crippen molar-refractivity contribution in [1.82, 2.24) is 24.3 Å². The molecule has 3 aromatic heterocycles. The van der Waals surface area contributed by atoms with E-state index in [4.69, 9.17) is 0 Å². The summed E-state index contributed by atoms with van der Waals surface area (Å²) in [4.78, 5) is 20.8. The number of imidazole rings is 1. The normalized spacial score (nSPS) is 11.0. The molecule has 1 aromatic carbocycles. The number of nitrogens with zero attached hydrogens (tertiary/aromatic N) is 5. The molecule has 4 aromatic rings. The van der Waals surface area contributed by atoms with Gasteiger partial charge >= 0.3 is 6.03 Å². The van der Waals surface area contributed by atoms with Gasteiger partial charge in [-0.3, -0.25) is 14.2 Å². The van der Waals surface area contributed by atoms with Gasteiger partial charge in [0.25, 0.3) is 0 Å². The van der Waals surface area contributed by atoms with E-state index in [-0.39, 0.29) is 6.03 Å². The van der Waals surface area contributed by atoms with Crippen molar-refractivity contribution in [2.24, 2.45) is 0 Å². The van der Waals surface area contributed by atoms with E-state index in [1.54, 1.807) is 12.4 Å². The van der Waals surface area contributed by atoms with Crippen molar-refractivity contribution in [1.29, 1.82) is 0 Å². The Morgan fingerprint density at radius 3 is 2.77 bits per heavy atom. The molecule has 0 spiro atoms. The van der Waals surface area contributed by atoms with Gasteiger partial charge in [-0.05, 0) is 38.1 Å². The number of aryl methyl sites for hydroxylation is 2. The van der Waals surface area contributed by atoms with Crippen LogP contribution in [0.2, 0.25) is 0 Å². The summed E-state index contributed by atoms with van der Waals surface area (Å²) in [6, 6.07) is 11.5. The zero-order chi connectivity index (χ0) is 18.1. The highest BCUT2D eigenvalue weighted by Crippen LogP contribution is 2.27. The molecule has 0 unspecified atom stereocenters. The quantitative estimate of drug-likeness (QED) is 0.617. The summed E-state index contributed by atoms with van der Waals surface area (Å²) in [6.07, 6.45) is 4.64. The van der Waals surface area contributed by atoms with Crippen molar-refractivity contribution in [2.75, 3.05) is 5.32 Å². The number of fused-ring (bicyclic) bond motifs is 1. The molecule has 7 heteroatoms. The molecule has 0 aliphatic carbocycles. The van der Waals surface area contributed by atoms with Gasteiger partial charge in [0, 0.05) is 23.5 Å². The lowest BCUT2D eigenvalue weighted by Crippen LogP contribution is -2.17. The second-order valence-corrected chi connectivity index (χ2v) is 6.11. The van der Waals surface area contributed by atoms with E-state index in [2.05, 4.69) is 20.4 Å². The van der Waals surface area contributed by atoms with Crippen molar-refractivity contribution >= 4 is 22.6 Å². The SMILES string of the molecule is Cc1cccc(Cn2nc(C)c3c(NC(=O)n4ccnc4)cccc32)n1. The summed E-state index contributed by atoms with van der Waals surface area (Å²) in [5.74, 6) is 0. The van der Waals surface area contributed by atoms with Crippen molar-refractivity contribution in [3.63, 3.8) is 0 Å². The lowest BCUT2D eigenvalue weighted by molar-refractivity contribution is 0.253. The van der Waals surface area contributed by atoms with E-state index in [9.17, 15) is 4.79 Å². The van der Waals surface area contributed by atoms with Crippen LogP contribution in [0, 0.1) is 13.8 Å². The Bertz CT molecular complexity index is 1080. The average molecular weight is 346 g/mol. The Kier molecular flexibility index (Phi) is 3.96. The standard InChI is InChI=1S/C19H18N6O/c1-13-5-3-6-15(21-13)11-25-17-8-4-7-16(18(17)14(2)23-25)22-19(26)24-10-9-20-12-24/h3-10,12H,11H2,1-2H3,(H,22,26). The minimum Gasteiger partial charge on any atom is -0.306 e. The Balaban J connectivity index is 1.71. The minimum absolute atomic E-state index is 0.262. The van der Waals surface area contributed by atoms with Crippen LogP contribution in [-0.2, 0) is 6.54 Å². The van der Waals surface area contributed by atoms with E-state index < -0.39 is 0 Å². The number of anilines is 1. The highest BCUT2D eigenvalue weighted by molar-refractivity contribution is 6.02. The van der Waals surface area contributed by atoms with Crippen LogP contribution in [0.5, 0.6) is 0 Å². The van der Waals surface area contributed by atoms with Crippen LogP contribution in [0.15, 0.2) is 55.1 Å². The summed E-state index contributed by atoms with van der Waals surface area (Å²) < 4.78 is 3.31. The van der Waals surface area contributed by atoms with Crippen molar-refractivity contribution in [3.8, 4) is 0 Å². The van der Waals surface area contributed by atoms with Crippen LogP contribution < -0.4 is 5.32 Å². The third-order valence-electron chi connectivity index (χ3n) is 4.19. The molecule has 0 saturated carbocycles. The number of nitrogens with one attached hydrogen (secondary N) is 1. The van der Waals surface area contributed by atoms with Gasteiger partial charge in [0.2, 0.25) is 0 Å². The second-order valence-electron chi connectivity index (χ2n) is 6.11. The van der Waals surface area contributed by atoms with Crippen molar-refractivity contribution < 1.29 is 4.79 Å². The first kappa shape index (κ1) is 16.0. The number of carbonyl (C=O) groups is 1. The molecule has 3 heterocycles. The predicted molar refractivity (Wildman–Crippen MR) is 99.2 cm³/mol. The number of benzene rings is 1. The fraction of sp³-hybridized carbons (Fsp3) is 0.158. The summed E-state index contributed by atoms with van der Waals surface area (Å²) in [6.45, 7) is 4.49. The van der Waals surface area contributed by atoms with Gasteiger partial charge in [-0.25, -0.2) is 9.78 Å². The highest BCUT2D eigenvalue weighted by Gasteiger charge is 2.14. The predicted octanol–water partition coefficient (Wildman–Crippen LogP) is 3.37. The van der Waals surface area contributed by atoms with Crippen LogP contribution in [0.4, 0.5) is 10.5 Å². The molecule has 0 aliphatic heterocycles. The minimum atomic E-state index is -0.262. The fourth-order valence-corrected chi connectivity index (χ4v) is 3.05. The van der Waals surface area contributed by atoms with Crippen molar-refractivity contribution in [2.45, 2.75) is 20.4 Å². The lowest BCUT2D eigenvalue weighted by atomic mass is 10.1. The van der Waals surface area contributed by atoms with Crippen molar-refractivity contribution in [3.05, 3.63) is 72.2 Å². The van der Waals surface area contributed by atoms with Crippen LogP contribution in [0.3, 0.4) is 0 Å². The zero-order valence-corrected chi connectivity index (χ0v) is 14.5. The maximum atomic E-state index is 12.3. The van der Waals surface area contributed by atoms with E-state index >= 15 is 0 Å². The Labute approximate surface area is 150 Å². The third kappa shape index (κ3) is 2.95. The lowest BCUT2D eigenvalue weighted by Gasteiger charge is -2.08. The number of hydrogen-bond acceptors (Lipinski definition) is 4. The van der Waals surface area contributed by atoms with Gasteiger partial charge in [0.1, 0.15) is 6.33 Å². The zero-order valence-electron chi connectivity index (χ0n) is 14.5. The number of aromatic nitrogens is 5. The molecule has 7 nitrogen and oxygen atoms in total. The van der Waals surface area contributed by atoms with Crippen LogP contribution in [0.25, 0.3) is 10.9 Å². The van der Waals surface area contributed by atoms with Crippen LogP contribution in [-0.4, -0.2) is 30.3 Å². The fourth-order valence-electron chi connectivity index (χ4n) is 3.05. The third-order valence-corrected chi connectivity index (χ3v) is 4.19. The molecular formula is C19H18N6O. The molecule has 0 bridgehead atoms. The Morgan fingerprint density at radius 1 is 1.15 bits per heavy atom. The van der Waals surface area contributed by atoms with Gasteiger partial charge in [0.05, 0.1) is 29.1 Å². The summed E-state index contributed by atoms with van der Waals surface area (Å²) in [5.41, 5.74) is 4.46. The summed E-state index contributed by atoms with van der Waals surface area (Å²) >= 11 is 0. The van der Waals surface area contributed by atoms with Gasteiger partial charge in [0.15, 0.2) is 0 Å². The van der Waals surface area contributed by atoms with Gasteiger partial charge in [-0.1, -0.05) is 12.1 Å². The van der Waals surface area contributed by atoms with E-state index in [0.717, 1.165) is 33.7 Å². The molecule has 0 atom stereocenters. The molecule has 0 aliphatic rings. The van der Waals surface area contributed by atoms with Gasteiger partial charge in [-0.2, -0.15) is 5.10 Å². The number of pyridine rings is 1. The van der Waals surface area contributed by atoms with E-state index in [1.807, 2.05) is 54.9 Å². The molecule has 1 amide bonds. The van der Waals surface area contributed by atoms with E-state index in [0.29, 0.717) is 6.54 Å². The molecule has 4 rings (SSSR count). The molecule has 1 N–H and O–H groups in total. The maximum Gasteiger partial charge on any atom is 0.331 e. The second kappa shape index (κ2) is 6.44. The molecular weight excluding hydrogens is 328 g/mol. The topological polar surface area (TPSA) is 77.6 Å². The number of hydrogen-bond donors (Lipinski definition) is 1. The average Bonchev–Trinajstić information content (AvgIpc) is 3.25. The number of rotatable bonds is 3. The van der Waals surface area contributed by atoms with E-state index in [1.165, 1.54) is 10.9 Å². The first-order chi connectivity index (χ1) is 12.6. The van der Waals surface area contributed by atoms with Gasteiger partial charge < -0.3 is 5.32 Å². The molecule has 0 fully saturated rings. The Hall–Kier alpha value is -3.48. The van der Waals surface area contributed by atoms with Crippen LogP contribution >= 0.6 is 0 Å². The number of amides is 1. The van der Waals surface area contributed by atoms with Gasteiger partial charge in [-0.15, -0.1) is 0 Å². The summed E-state index contributed by atoms with van der Waals surface area (Å²) in [5, 5.41) is 8.51. The van der Waals surface area contributed by atoms with Crippen LogP contribution in [0.1, 0.15) is 17.1 Å². The molecule has 26 heavy (non-hydrogen) atoms. The molecule has 0 saturated heterocycles. The molecule has 0 radical (unpaired) electrons. The highest BCUT2D eigenvalue weighted by atomic mass is 16.2. The smallest absolute Gasteiger partial charge is 0.306 e.